The Hall–Kier alpha value is -1.44. The van der Waals surface area contributed by atoms with Crippen LogP contribution in [0.3, 0.4) is 0 Å². The number of fused-ring (bicyclic) bond motifs is 6. The van der Waals surface area contributed by atoms with E-state index in [1.165, 1.54) is 0 Å². The highest BCUT2D eigenvalue weighted by Crippen LogP contribution is 2.42. The Morgan fingerprint density at radius 3 is 0.521 bits per heavy atom. The van der Waals surface area contributed by atoms with E-state index >= 15 is 0 Å². The summed E-state index contributed by atoms with van der Waals surface area (Å²) in [6.45, 7) is 11.8. The van der Waals surface area contributed by atoms with Crippen LogP contribution in [-0.4, -0.2) is 59.8 Å². The molecule has 6 atom stereocenters. The summed E-state index contributed by atoms with van der Waals surface area (Å²) < 4.78 is 82.2. The van der Waals surface area contributed by atoms with Gasteiger partial charge in [0.1, 0.15) is 0 Å². The second kappa shape index (κ2) is 18.2. The van der Waals surface area contributed by atoms with Crippen molar-refractivity contribution in [1.82, 2.24) is 0 Å². The lowest BCUT2D eigenvalue weighted by Gasteiger charge is -2.19. The zero-order chi connectivity index (χ0) is 35.1. The van der Waals surface area contributed by atoms with E-state index in [4.69, 9.17) is 0 Å². The molecule has 6 unspecified atom stereocenters. The maximum atomic E-state index is 13.7. The molecule has 0 aliphatic carbocycles. The molecule has 0 saturated heterocycles. The number of rotatable bonds is 18. The highest BCUT2D eigenvalue weighted by atomic mass is 32.2. The van der Waals surface area contributed by atoms with E-state index in [9.17, 15) is 25.3 Å². The van der Waals surface area contributed by atoms with Crippen molar-refractivity contribution in [3.63, 3.8) is 0 Å². The molecule has 0 aliphatic rings. The van der Waals surface area contributed by atoms with Crippen molar-refractivity contribution in [2.45, 2.75) is 109 Å². The Kier molecular flexibility index (Phi) is 14.9. The van der Waals surface area contributed by atoms with E-state index in [-0.39, 0.29) is 0 Å². The minimum atomic E-state index is -1.40. The lowest BCUT2D eigenvalue weighted by Crippen LogP contribution is -2.08. The normalized spacial score (nSPS) is 15.9. The summed E-state index contributed by atoms with van der Waals surface area (Å²) >= 11 is 0. The topological polar surface area (TPSA) is 102 Å². The molecule has 6 nitrogen and oxygen atoms in total. The minimum Gasteiger partial charge on any atom is -0.254 e. The van der Waals surface area contributed by atoms with Crippen molar-refractivity contribution in [3.05, 3.63) is 36.4 Å². The Balaban J connectivity index is 2.33. The van der Waals surface area contributed by atoms with Crippen LogP contribution in [0.4, 0.5) is 0 Å². The molecule has 264 valence electrons. The highest BCUT2D eigenvalue weighted by Gasteiger charge is 2.25. The fourth-order valence-electron chi connectivity index (χ4n) is 5.86. The summed E-state index contributed by atoms with van der Waals surface area (Å²) in [6, 6.07) is 11.3. The molecule has 4 aromatic carbocycles. The first kappa shape index (κ1) is 39.3. The van der Waals surface area contributed by atoms with Crippen LogP contribution in [0, 0.1) is 0 Å². The zero-order valence-corrected chi connectivity index (χ0v) is 33.7. The molecule has 0 bridgehead atoms. The number of benzene rings is 4. The fourth-order valence-corrected chi connectivity index (χ4v) is 14.3. The molecule has 0 spiro atoms. The molecular weight excluding hydrogens is 721 g/mol. The van der Waals surface area contributed by atoms with Crippen molar-refractivity contribution in [3.8, 4) is 0 Å². The predicted molar refractivity (Wildman–Crippen MR) is 208 cm³/mol. The summed E-state index contributed by atoms with van der Waals surface area (Å²) in [5.41, 5.74) is 0. The molecular formula is C36H48O6S6. The van der Waals surface area contributed by atoms with Crippen LogP contribution in [0.5, 0.6) is 0 Å². The smallest absolute Gasteiger partial charge is 0.0556 e. The minimum absolute atomic E-state index is 0.423. The summed E-state index contributed by atoms with van der Waals surface area (Å²) in [6.07, 6.45) is 4.17. The first-order valence-electron chi connectivity index (χ1n) is 16.9. The van der Waals surface area contributed by atoms with Gasteiger partial charge in [-0.15, -0.1) is 0 Å². The summed E-state index contributed by atoms with van der Waals surface area (Å²) in [7, 11) is -8.40. The summed E-state index contributed by atoms with van der Waals surface area (Å²) in [5.74, 6) is 2.54. The van der Waals surface area contributed by atoms with Crippen LogP contribution in [-0.2, 0) is 64.8 Å². The largest absolute Gasteiger partial charge is 0.254 e. The predicted octanol–water partition coefficient (Wildman–Crippen LogP) is 8.25. The van der Waals surface area contributed by atoms with Crippen molar-refractivity contribution in [2.75, 3.05) is 34.5 Å². The SMILES string of the molecule is CCCS(=O)c1cc2c3cc(S(=O)CCC)c(S(=O)CCC)cc3c3cc(S(=O)CCC)c(S(=O)CCC)cc3c2cc1S(=O)CCC. The van der Waals surface area contributed by atoms with E-state index in [0.29, 0.717) is 102 Å². The molecule has 48 heavy (non-hydrogen) atoms. The van der Waals surface area contributed by atoms with Gasteiger partial charge in [-0.05, 0) is 107 Å². The van der Waals surface area contributed by atoms with E-state index < -0.39 is 64.8 Å². The van der Waals surface area contributed by atoms with Gasteiger partial charge in [0.05, 0.1) is 94.2 Å². The maximum absolute atomic E-state index is 13.7. The number of hydrogen-bond acceptors (Lipinski definition) is 6. The molecule has 0 aliphatic heterocycles. The molecule has 0 fully saturated rings. The average Bonchev–Trinajstić information content (AvgIpc) is 3.07. The quantitative estimate of drug-likeness (QED) is 0.0946. The summed E-state index contributed by atoms with van der Waals surface area (Å²) in [5, 5.41) is 4.54. The van der Waals surface area contributed by atoms with Gasteiger partial charge in [-0.25, -0.2) is 0 Å². The van der Waals surface area contributed by atoms with Crippen LogP contribution >= 0.6 is 0 Å². The molecule has 0 saturated carbocycles. The van der Waals surface area contributed by atoms with Crippen LogP contribution in [0.2, 0.25) is 0 Å². The lowest BCUT2D eigenvalue weighted by atomic mass is 9.94. The monoisotopic (exact) mass is 768 g/mol. The van der Waals surface area contributed by atoms with Gasteiger partial charge in [0.25, 0.3) is 0 Å². The first-order valence-corrected chi connectivity index (χ1v) is 24.8. The fraction of sp³-hybridized carbons (Fsp3) is 0.500. The Labute approximate surface area is 300 Å². The van der Waals surface area contributed by atoms with E-state index in [1.807, 2.05) is 77.9 Å². The number of hydrogen-bond donors (Lipinski definition) is 0. The van der Waals surface area contributed by atoms with Gasteiger partial charge in [-0.2, -0.15) is 0 Å². The van der Waals surface area contributed by atoms with Gasteiger partial charge >= 0.3 is 0 Å². The van der Waals surface area contributed by atoms with Gasteiger partial charge < -0.3 is 0 Å². The second-order valence-corrected chi connectivity index (χ2v) is 21.1. The summed E-state index contributed by atoms with van der Waals surface area (Å²) in [4.78, 5) is 3.18. The standard InChI is InChI=1S/C36H48O6S6/c1-7-13-43(37)31-19-25-26(20-32(31)44(38)14-8-2)28-22-34(46(40)16-10-4)36(48(42)18-12-6)24-30(28)29-23-35(47(41)17-11-5)33(21-27(25)29)45(39)15-9-3/h19-24H,7-18H2,1-6H3. The average molecular weight is 769 g/mol. The van der Waals surface area contributed by atoms with E-state index in [2.05, 4.69) is 0 Å². The van der Waals surface area contributed by atoms with Crippen molar-refractivity contribution >= 4 is 97.1 Å². The van der Waals surface area contributed by atoms with Gasteiger partial charge in [0.15, 0.2) is 0 Å². The molecule has 0 heterocycles. The van der Waals surface area contributed by atoms with Crippen molar-refractivity contribution in [1.29, 1.82) is 0 Å². The van der Waals surface area contributed by atoms with Crippen LogP contribution in [0.25, 0.3) is 32.3 Å². The molecule has 4 rings (SSSR count). The molecule has 4 aromatic rings. The van der Waals surface area contributed by atoms with Gasteiger partial charge in [0.2, 0.25) is 0 Å². The van der Waals surface area contributed by atoms with Gasteiger partial charge in [-0.1, -0.05) is 41.5 Å². The molecule has 0 amide bonds. The zero-order valence-electron chi connectivity index (χ0n) is 28.8. The van der Waals surface area contributed by atoms with Gasteiger partial charge in [0, 0.05) is 34.5 Å². The third-order valence-electron chi connectivity index (χ3n) is 7.93. The third kappa shape index (κ3) is 8.36. The highest BCUT2D eigenvalue weighted by molar-refractivity contribution is 7.89. The van der Waals surface area contributed by atoms with E-state index in [0.717, 1.165) is 32.3 Å². The molecule has 12 heteroatoms. The van der Waals surface area contributed by atoms with Crippen LogP contribution in [0.15, 0.2) is 65.8 Å². The third-order valence-corrected chi connectivity index (χ3v) is 18.0. The Morgan fingerprint density at radius 2 is 0.417 bits per heavy atom. The van der Waals surface area contributed by atoms with Crippen molar-refractivity contribution < 1.29 is 25.3 Å². The van der Waals surface area contributed by atoms with Crippen LogP contribution < -0.4 is 0 Å². The second-order valence-electron chi connectivity index (χ2n) is 11.8. The Bertz CT molecular complexity index is 1580. The first-order chi connectivity index (χ1) is 23.1. The van der Waals surface area contributed by atoms with Gasteiger partial charge in [-0.3, -0.25) is 25.3 Å². The van der Waals surface area contributed by atoms with Crippen molar-refractivity contribution in [2.24, 2.45) is 0 Å². The molecule has 0 N–H and O–H groups in total. The molecule has 0 aromatic heterocycles. The van der Waals surface area contributed by atoms with E-state index in [1.54, 1.807) is 0 Å². The van der Waals surface area contributed by atoms with Crippen LogP contribution in [0.1, 0.15) is 80.1 Å². The lowest BCUT2D eigenvalue weighted by molar-refractivity contribution is 0.673. The Morgan fingerprint density at radius 1 is 0.292 bits per heavy atom. The molecule has 0 radical (unpaired) electrons. The maximum Gasteiger partial charge on any atom is 0.0556 e.